The lowest BCUT2D eigenvalue weighted by atomic mass is 9.86. The number of imide groups is 1. The molecule has 1 saturated heterocycles. The van der Waals surface area contributed by atoms with Gasteiger partial charge in [0.1, 0.15) is 5.75 Å². The highest BCUT2D eigenvalue weighted by molar-refractivity contribution is 8.18. The van der Waals surface area contributed by atoms with E-state index in [0.29, 0.717) is 16.3 Å². The van der Waals surface area contributed by atoms with Crippen molar-refractivity contribution in [1.29, 1.82) is 0 Å². The molecule has 1 aliphatic heterocycles. The lowest BCUT2D eigenvalue weighted by Gasteiger charge is -2.22. The number of halogens is 1. The molecule has 7 heteroatoms. The number of thioether (sulfide) groups is 1. The molecule has 1 aromatic rings. The number of carbonyl (C=O) groups excluding carboxylic acids is 3. The third-order valence-electron chi connectivity index (χ3n) is 3.56. The standard InChI is InChI=1S/C15H12ClNO4S/c16-11-7-10(21-14(19)8-2-1-3-8)5-4-9(11)6-12-13(18)17-15(20)22-12/h4-8H,1-3H2,(H,17,18,20)/b12-6-. The normalized spacial score (nSPS) is 20.0. The second-order valence-electron chi connectivity index (χ2n) is 5.08. The van der Waals surface area contributed by atoms with Crippen molar-refractivity contribution in [3.8, 4) is 5.75 Å². The van der Waals surface area contributed by atoms with Crippen molar-refractivity contribution >= 4 is 46.6 Å². The minimum atomic E-state index is -0.438. The van der Waals surface area contributed by atoms with Crippen LogP contribution in [0.1, 0.15) is 24.8 Å². The topological polar surface area (TPSA) is 72.5 Å². The zero-order valence-electron chi connectivity index (χ0n) is 11.4. The molecule has 3 rings (SSSR count). The van der Waals surface area contributed by atoms with Crippen LogP contribution in [0.4, 0.5) is 4.79 Å². The van der Waals surface area contributed by atoms with Gasteiger partial charge in [-0.1, -0.05) is 18.0 Å². The number of carbonyl (C=O) groups is 3. The average Bonchev–Trinajstić information content (AvgIpc) is 2.69. The van der Waals surface area contributed by atoms with Crippen molar-refractivity contribution in [3.05, 3.63) is 33.7 Å². The molecule has 114 valence electrons. The molecule has 0 bridgehead atoms. The van der Waals surface area contributed by atoms with Gasteiger partial charge >= 0.3 is 5.97 Å². The van der Waals surface area contributed by atoms with E-state index in [2.05, 4.69) is 5.32 Å². The molecule has 1 saturated carbocycles. The lowest BCUT2D eigenvalue weighted by molar-refractivity contribution is -0.141. The smallest absolute Gasteiger partial charge is 0.314 e. The third-order valence-corrected chi connectivity index (χ3v) is 4.70. The van der Waals surface area contributed by atoms with Crippen LogP contribution in [-0.4, -0.2) is 17.1 Å². The van der Waals surface area contributed by atoms with Gasteiger partial charge in [0.2, 0.25) is 0 Å². The lowest BCUT2D eigenvalue weighted by Crippen LogP contribution is -2.26. The van der Waals surface area contributed by atoms with E-state index in [1.807, 2.05) is 0 Å². The van der Waals surface area contributed by atoms with Gasteiger partial charge in [-0.3, -0.25) is 19.7 Å². The summed E-state index contributed by atoms with van der Waals surface area (Å²) >= 11 is 6.97. The second kappa shape index (κ2) is 6.14. The number of benzene rings is 1. The van der Waals surface area contributed by atoms with E-state index in [1.54, 1.807) is 12.1 Å². The van der Waals surface area contributed by atoms with E-state index in [1.165, 1.54) is 12.1 Å². The number of rotatable bonds is 3. The molecule has 2 amide bonds. The Morgan fingerprint density at radius 1 is 1.36 bits per heavy atom. The molecule has 2 aliphatic rings. The van der Waals surface area contributed by atoms with Crippen LogP contribution in [0.25, 0.3) is 6.08 Å². The van der Waals surface area contributed by atoms with Crippen molar-refractivity contribution in [1.82, 2.24) is 5.32 Å². The molecule has 0 unspecified atom stereocenters. The first-order valence-corrected chi connectivity index (χ1v) is 7.98. The fourth-order valence-corrected chi connectivity index (χ4v) is 2.99. The van der Waals surface area contributed by atoms with Gasteiger partial charge in [0.05, 0.1) is 15.8 Å². The van der Waals surface area contributed by atoms with Crippen molar-refractivity contribution in [2.75, 3.05) is 0 Å². The van der Waals surface area contributed by atoms with Crippen molar-refractivity contribution in [2.45, 2.75) is 19.3 Å². The van der Waals surface area contributed by atoms with E-state index < -0.39 is 11.1 Å². The van der Waals surface area contributed by atoms with Crippen LogP contribution in [0.15, 0.2) is 23.1 Å². The number of hydrogen-bond donors (Lipinski definition) is 1. The van der Waals surface area contributed by atoms with Gasteiger partial charge in [0.15, 0.2) is 0 Å². The van der Waals surface area contributed by atoms with Crippen LogP contribution in [-0.2, 0) is 9.59 Å². The summed E-state index contributed by atoms with van der Waals surface area (Å²) in [6, 6.07) is 4.80. The Hall–Kier alpha value is -1.79. The van der Waals surface area contributed by atoms with Gasteiger partial charge in [-0.05, 0) is 48.4 Å². The van der Waals surface area contributed by atoms with Crippen LogP contribution in [0, 0.1) is 5.92 Å². The molecule has 2 fully saturated rings. The Labute approximate surface area is 136 Å². The molecule has 0 atom stereocenters. The van der Waals surface area contributed by atoms with Crippen molar-refractivity contribution in [3.63, 3.8) is 0 Å². The van der Waals surface area contributed by atoms with E-state index in [-0.39, 0.29) is 16.8 Å². The summed E-state index contributed by atoms with van der Waals surface area (Å²) in [6.07, 6.45) is 4.34. The maximum atomic E-state index is 11.8. The molecule has 1 aromatic carbocycles. The molecule has 0 spiro atoms. The van der Waals surface area contributed by atoms with Gasteiger partial charge < -0.3 is 4.74 Å². The van der Waals surface area contributed by atoms with Crippen molar-refractivity contribution < 1.29 is 19.1 Å². The summed E-state index contributed by atoms with van der Waals surface area (Å²) in [5.41, 5.74) is 0.581. The molecule has 22 heavy (non-hydrogen) atoms. The number of esters is 1. The maximum Gasteiger partial charge on any atom is 0.314 e. The molecule has 0 radical (unpaired) electrons. The molecular weight excluding hydrogens is 326 g/mol. The number of nitrogens with one attached hydrogen (secondary N) is 1. The summed E-state index contributed by atoms with van der Waals surface area (Å²) < 4.78 is 5.28. The zero-order valence-corrected chi connectivity index (χ0v) is 13.0. The summed E-state index contributed by atoms with van der Waals surface area (Å²) in [5, 5.41) is 2.12. The van der Waals surface area contributed by atoms with Crippen molar-refractivity contribution in [2.24, 2.45) is 5.92 Å². The van der Waals surface area contributed by atoms with Gasteiger partial charge in [-0.2, -0.15) is 0 Å². The first-order valence-electron chi connectivity index (χ1n) is 6.79. The summed E-state index contributed by atoms with van der Waals surface area (Å²) in [6.45, 7) is 0. The van der Waals surface area contributed by atoms with Gasteiger partial charge in [0.25, 0.3) is 11.1 Å². The van der Waals surface area contributed by atoms with E-state index >= 15 is 0 Å². The number of ether oxygens (including phenoxy) is 1. The number of hydrogen-bond acceptors (Lipinski definition) is 5. The Morgan fingerprint density at radius 2 is 2.14 bits per heavy atom. The third kappa shape index (κ3) is 3.18. The van der Waals surface area contributed by atoms with E-state index in [0.717, 1.165) is 31.0 Å². The molecule has 5 nitrogen and oxygen atoms in total. The van der Waals surface area contributed by atoms with Crippen LogP contribution < -0.4 is 10.1 Å². The minimum absolute atomic E-state index is 0.00910. The minimum Gasteiger partial charge on any atom is -0.426 e. The monoisotopic (exact) mass is 337 g/mol. The Bertz CT molecular complexity index is 697. The predicted octanol–water partition coefficient (Wildman–Crippen LogP) is 3.37. The largest absolute Gasteiger partial charge is 0.426 e. The first-order chi connectivity index (χ1) is 10.5. The summed E-state index contributed by atoms with van der Waals surface area (Å²) in [4.78, 5) is 34.7. The quantitative estimate of drug-likeness (QED) is 0.520. The fourth-order valence-electron chi connectivity index (χ4n) is 2.09. The highest BCUT2D eigenvalue weighted by Gasteiger charge is 2.27. The van der Waals surface area contributed by atoms with Gasteiger partial charge in [-0.15, -0.1) is 0 Å². The fraction of sp³-hybridized carbons (Fsp3) is 0.267. The average molecular weight is 338 g/mol. The summed E-state index contributed by atoms with van der Waals surface area (Å²) in [5.74, 6) is -0.301. The molecular formula is C15H12ClNO4S. The highest BCUT2D eigenvalue weighted by atomic mass is 35.5. The van der Waals surface area contributed by atoms with Crippen LogP contribution in [0.5, 0.6) is 5.75 Å². The molecule has 0 aromatic heterocycles. The van der Waals surface area contributed by atoms with Crippen LogP contribution in [0.2, 0.25) is 5.02 Å². The Morgan fingerprint density at radius 3 is 2.68 bits per heavy atom. The highest BCUT2D eigenvalue weighted by Crippen LogP contribution is 2.32. The van der Waals surface area contributed by atoms with E-state index in [9.17, 15) is 14.4 Å². The molecule has 1 heterocycles. The van der Waals surface area contributed by atoms with Gasteiger partial charge in [0, 0.05) is 6.07 Å². The predicted molar refractivity (Wildman–Crippen MR) is 83.5 cm³/mol. The first kappa shape index (κ1) is 15.1. The van der Waals surface area contributed by atoms with Gasteiger partial charge in [-0.25, -0.2) is 0 Å². The Kier molecular flexibility index (Phi) is 4.22. The SMILES string of the molecule is O=C1NC(=O)/C(=C/c2ccc(OC(=O)C3CCC3)cc2Cl)S1. The maximum absolute atomic E-state index is 11.8. The van der Waals surface area contributed by atoms with Crippen LogP contribution in [0.3, 0.4) is 0 Å². The zero-order chi connectivity index (χ0) is 15.7. The molecule has 1 N–H and O–H groups in total. The second-order valence-corrected chi connectivity index (χ2v) is 6.51. The number of amides is 2. The summed E-state index contributed by atoms with van der Waals surface area (Å²) in [7, 11) is 0. The van der Waals surface area contributed by atoms with Crippen LogP contribution >= 0.6 is 23.4 Å². The molecule has 1 aliphatic carbocycles. The van der Waals surface area contributed by atoms with E-state index in [4.69, 9.17) is 16.3 Å². The Balaban J connectivity index is 1.74.